The van der Waals surface area contributed by atoms with Gasteiger partial charge in [0.15, 0.2) is 5.82 Å². The third kappa shape index (κ3) is 2.23. The molecule has 0 unspecified atom stereocenters. The van der Waals surface area contributed by atoms with Crippen molar-refractivity contribution in [1.29, 1.82) is 0 Å². The molecule has 0 atom stereocenters. The van der Waals surface area contributed by atoms with Crippen LogP contribution in [0.3, 0.4) is 0 Å². The number of nitrogens with one attached hydrogen (secondary N) is 1. The minimum absolute atomic E-state index is 0.341. The minimum atomic E-state index is 0.341. The zero-order valence-electron chi connectivity index (χ0n) is 9.49. The summed E-state index contributed by atoms with van der Waals surface area (Å²) in [4.78, 5) is 4.37. The van der Waals surface area contributed by atoms with Crippen molar-refractivity contribution >= 4 is 23.2 Å². The highest BCUT2D eigenvalue weighted by Gasteiger charge is 2.25. The lowest BCUT2D eigenvalue weighted by molar-refractivity contribution is 0.306. The first-order chi connectivity index (χ1) is 8.74. The Bertz CT molecular complexity index is 546. The number of halogens is 2. The molecule has 0 radical (unpaired) electrons. The van der Waals surface area contributed by atoms with Gasteiger partial charge in [0.2, 0.25) is 5.89 Å². The fraction of sp³-hybridized carbons (Fsp3) is 0.333. The van der Waals surface area contributed by atoms with Crippen molar-refractivity contribution in [2.24, 2.45) is 0 Å². The second-order valence-corrected chi connectivity index (χ2v) is 5.10. The summed E-state index contributed by atoms with van der Waals surface area (Å²) in [7, 11) is 0. The summed E-state index contributed by atoms with van der Waals surface area (Å²) in [5.41, 5.74) is 0.833. The molecule has 2 heterocycles. The molecule has 18 heavy (non-hydrogen) atoms. The van der Waals surface area contributed by atoms with Gasteiger partial charge in [-0.2, -0.15) is 4.98 Å². The van der Waals surface area contributed by atoms with E-state index in [4.69, 9.17) is 27.7 Å². The summed E-state index contributed by atoms with van der Waals surface area (Å²) < 4.78 is 5.23. The topological polar surface area (TPSA) is 51.0 Å². The predicted molar refractivity (Wildman–Crippen MR) is 69.2 cm³/mol. The van der Waals surface area contributed by atoms with E-state index < -0.39 is 0 Å². The molecule has 1 N–H and O–H groups in total. The van der Waals surface area contributed by atoms with Crippen LogP contribution in [0.4, 0.5) is 0 Å². The first-order valence-corrected chi connectivity index (χ1v) is 6.45. The highest BCUT2D eigenvalue weighted by atomic mass is 35.5. The monoisotopic (exact) mass is 283 g/mol. The summed E-state index contributed by atoms with van der Waals surface area (Å²) in [5, 5.41) is 8.38. The van der Waals surface area contributed by atoms with Gasteiger partial charge in [0.05, 0.1) is 5.92 Å². The highest BCUT2D eigenvalue weighted by molar-refractivity contribution is 6.36. The van der Waals surface area contributed by atoms with E-state index in [2.05, 4.69) is 15.5 Å². The molecule has 6 heteroatoms. The summed E-state index contributed by atoms with van der Waals surface area (Å²) in [5.74, 6) is 1.65. The largest absolute Gasteiger partial charge is 0.339 e. The molecule has 1 aliphatic rings. The fourth-order valence-corrected chi connectivity index (χ4v) is 2.36. The molecule has 94 valence electrons. The first kappa shape index (κ1) is 12.0. The van der Waals surface area contributed by atoms with Crippen LogP contribution in [-0.2, 0) is 6.42 Å². The van der Waals surface area contributed by atoms with E-state index in [-0.39, 0.29) is 0 Å². The molecule has 1 aromatic heterocycles. The van der Waals surface area contributed by atoms with Crippen LogP contribution >= 0.6 is 23.2 Å². The Labute approximate surface area is 114 Å². The molecular weight excluding hydrogens is 273 g/mol. The van der Waals surface area contributed by atoms with E-state index in [9.17, 15) is 0 Å². The molecule has 1 aromatic carbocycles. The van der Waals surface area contributed by atoms with Crippen LogP contribution in [0.1, 0.15) is 23.2 Å². The van der Waals surface area contributed by atoms with Crippen LogP contribution in [0.25, 0.3) is 0 Å². The molecule has 0 aliphatic carbocycles. The van der Waals surface area contributed by atoms with Crippen LogP contribution in [0.2, 0.25) is 10.0 Å². The van der Waals surface area contributed by atoms with Gasteiger partial charge >= 0.3 is 0 Å². The molecule has 3 rings (SSSR count). The average molecular weight is 284 g/mol. The summed E-state index contributed by atoms with van der Waals surface area (Å²) in [6.45, 7) is 1.79. The predicted octanol–water partition coefficient (Wildman–Crippen LogP) is 2.65. The Morgan fingerprint density at radius 1 is 1.28 bits per heavy atom. The van der Waals surface area contributed by atoms with Crippen molar-refractivity contribution < 1.29 is 4.52 Å². The third-order valence-corrected chi connectivity index (χ3v) is 3.72. The van der Waals surface area contributed by atoms with Gasteiger partial charge in [-0.15, -0.1) is 0 Å². The quantitative estimate of drug-likeness (QED) is 0.941. The average Bonchev–Trinajstić information content (AvgIpc) is 2.70. The molecular formula is C12H11Cl2N3O. The third-order valence-electron chi connectivity index (χ3n) is 3.01. The number of rotatable bonds is 3. The Kier molecular flexibility index (Phi) is 3.24. The minimum Gasteiger partial charge on any atom is -0.339 e. The number of hydrogen-bond acceptors (Lipinski definition) is 4. The maximum atomic E-state index is 6.11. The molecule has 4 nitrogen and oxygen atoms in total. The number of benzene rings is 1. The van der Waals surface area contributed by atoms with Crippen molar-refractivity contribution in [2.45, 2.75) is 12.3 Å². The molecule has 2 aromatic rings. The van der Waals surface area contributed by atoms with Gasteiger partial charge in [-0.3, -0.25) is 0 Å². The van der Waals surface area contributed by atoms with Crippen molar-refractivity contribution in [3.63, 3.8) is 0 Å². The Balaban J connectivity index is 1.81. The van der Waals surface area contributed by atoms with Crippen molar-refractivity contribution in [3.05, 3.63) is 45.5 Å². The van der Waals surface area contributed by atoms with Crippen molar-refractivity contribution in [1.82, 2.24) is 15.5 Å². The second kappa shape index (κ2) is 4.88. The molecule has 0 bridgehead atoms. The van der Waals surface area contributed by atoms with Gasteiger partial charge < -0.3 is 9.84 Å². The SMILES string of the molecule is Clc1cccc(Cl)c1Cc1noc(C2CNC2)n1. The van der Waals surface area contributed by atoms with Crippen LogP contribution in [0.15, 0.2) is 22.7 Å². The highest BCUT2D eigenvalue weighted by Crippen LogP contribution is 2.26. The van der Waals surface area contributed by atoms with Crippen molar-refractivity contribution in [3.8, 4) is 0 Å². The van der Waals surface area contributed by atoms with Gasteiger partial charge in [0.1, 0.15) is 0 Å². The first-order valence-electron chi connectivity index (χ1n) is 5.70. The van der Waals surface area contributed by atoms with E-state index in [1.807, 2.05) is 6.07 Å². The van der Waals surface area contributed by atoms with Gasteiger partial charge in [-0.25, -0.2) is 0 Å². The summed E-state index contributed by atoms with van der Waals surface area (Å²) in [6, 6.07) is 5.43. The number of aromatic nitrogens is 2. The smallest absolute Gasteiger partial charge is 0.232 e. The lowest BCUT2D eigenvalue weighted by Gasteiger charge is -2.22. The van der Waals surface area contributed by atoms with Crippen LogP contribution in [-0.4, -0.2) is 23.2 Å². The molecule has 1 fully saturated rings. The van der Waals surface area contributed by atoms with E-state index in [1.165, 1.54) is 0 Å². The second-order valence-electron chi connectivity index (χ2n) is 4.28. The van der Waals surface area contributed by atoms with Gasteiger partial charge in [0, 0.05) is 29.6 Å². The van der Waals surface area contributed by atoms with Gasteiger partial charge in [-0.05, 0) is 17.7 Å². The van der Waals surface area contributed by atoms with E-state index in [0.29, 0.717) is 34.1 Å². The zero-order valence-corrected chi connectivity index (χ0v) is 11.0. The number of nitrogens with zero attached hydrogens (tertiary/aromatic N) is 2. The Morgan fingerprint density at radius 2 is 2.00 bits per heavy atom. The maximum absolute atomic E-state index is 6.11. The normalized spacial score (nSPS) is 15.7. The van der Waals surface area contributed by atoms with Gasteiger partial charge in [-0.1, -0.05) is 34.4 Å². The summed E-state index contributed by atoms with van der Waals surface area (Å²) >= 11 is 12.2. The van der Waals surface area contributed by atoms with E-state index in [0.717, 1.165) is 18.7 Å². The molecule has 1 saturated heterocycles. The standard InChI is InChI=1S/C12H11Cl2N3O/c13-9-2-1-3-10(14)8(9)4-11-16-12(18-17-11)7-5-15-6-7/h1-3,7,15H,4-6H2. The van der Waals surface area contributed by atoms with E-state index in [1.54, 1.807) is 12.1 Å². The van der Waals surface area contributed by atoms with Gasteiger partial charge in [0.25, 0.3) is 0 Å². The van der Waals surface area contributed by atoms with Crippen molar-refractivity contribution in [2.75, 3.05) is 13.1 Å². The Morgan fingerprint density at radius 3 is 2.61 bits per heavy atom. The van der Waals surface area contributed by atoms with E-state index >= 15 is 0 Å². The van der Waals surface area contributed by atoms with Crippen LogP contribution in [0.5, 0.6) is 0 Å². The molecule has 0 amide bonds. The molecule has 0 spiro atoms. The van der Waals surface area contributed by atoms with Crippen LogP contribution in [0, 0.1) is 0 Å². The zero-order chi connectivity index (χ0) is 12.5. The molecule has 1 aliphatic heterocycles. The fourth-order valence-electron chi connectivity index (χ4n) is 1.83. The molecule has 0 saturated carbocycles. The Hall–Kier alpha value is -1.10. The lowest BCUT2D eigenvalue weighted by Crippen LogP contribution is -2.40. The summed E-state index contributed by atoms with van der Waals surface area (Å²) in [6.07, 6.45) is 0.488. The van der Waals surface area contributed by atoms with Crippen LogP contribution < -0.4 is 5.32 Å². The number of hydrogen-bond donors (Lipinski definition) is 1. The lowest BCUT2D eigenvalue weighted by atomic mass is 10.0. The maximum Gasteiger partial charge on any atom is 0.232 e.